The van der Waals surface area contributed by atoms with Crippen LogP contribution in [0.15, 0.2) is 48.8 Å². The number of hydrogen-bond acceptors (Lipinski definition) is 0. The van der Waals surface area contributed by atoms with Gasteiger partial charge in [0.1, 0.15) is 5.82 Å². The first-order valence-electron chi connectivity index (χ1n) is 8.14. The first-order valence-corrected chi connectivity index (χ1v) is 8.51. The van der Waals surface area contributed by atoms with Crippen molar-refractivity contribution in [1.82, 2.24) is 9.97 Å². The molecule has 0 spiro atoms. The molecule has 0 bridgehead atoms. The highest BCUT2D eigenvalue weighted by Gasteiger charge is 2.13. The predicted octanol–water partition coefficient (Wildman–Crippen LogP) is 6.18. The third-order valence-electron chi connectivity index (χ3n) is 4.78. The van der Waals surface area contributed by atoms with Crippen LogP contribution in [0.4, 0.5) is 4.39 Å². The Labute approximate surface area is 144 Å². The molecule has 0 aliphatic rings. The SMILES string of the molecule is CC(CCc1c[nH]c2cc(F)ccc12)c1c[nH]c2cc(Cl)ccc12. The van der Waals surface area contributed by atoms with Crippen molar-refractivity contribution in [3.8, 4) is 0 Å². The van der Waals surface area contributed by atoms with E-state index in [-0.39, 0.29) is 5.82 Å². The number of rotatable bonds is 4. The number of H-pyrrole nitrogens is 2. The van der Waals surface area contributed by atoms with E-state index in [2.05, 4.69) is 29.2 Å². The number of benzene rings is 2. The van der Waals surface area contributed by atoms with Crippen LogP contribution in [0.1, 0.15) is 30.4 Å². The number of hydrogen-bond donors (Lipinski definition) is 2. The quantitative estimate of drug-likeness (QED) is 0.444. The molecule has 122 valence electrons. The average molecular weight is 341 g/mol. The maximum Gasteiger partial charge on any atom is 0.125 e. The van der Waals surface area contributed by atoms with Crippen molar-refractivity contribution in [2.75, 3.05) is 0 Å². The maximum atomic E-state index is 13.3. The van der Waals surface area contributed by atoms with Crippen LogP contribution in [-0.4, -0.2) is 9.97 Å². The first kappa shape index (κ1) is 15.3. The van der Waals surface area contributed by atoms with Gasteiger partial charge in [-0.05, 0) is 60.2 Å². The van der Waals surface area contributed by atoms with Crippen LogP contribution in [0.25, 0.3) is 21.8 Å². The van der Waals surface area contributed by atoms with Crippen molar-refractivity contribution >= 4 is 33.4 Å². The van der Waals surface area contributed by atoms with Crippen molar-refractivity contribution < 1.29 is 4.39 Å². The third-order valence-corrected chi connectivity index (χ3v) is 5.02. The van der Waals surface area contributed by atoms with Crippen molar-refractivity contribution in [3.05, 3.63) is 70.8 Å². The van der Waals surface area contributed by atoms with Crippen LogP contribution in [0, 0.1) is 5.82 Å². The molecule has 0 radical (unpaired) electrons. The molecule has 0 aliphatic carbocycles. The molecule has 2 N–H and O–H groups in total. The molecule has 0 saturated heterocycles. The summed E-state index contributed by atoms with van der Waals surface area (Å²) in [6.07, 6.45) is 6.05. The summed E-state index contributed by atoms with van der Waals surface area (Å²) in [4.78, 5) is 6.47. The Morgan fingerprint density at radius 1 is 1.00 bits per heavy atom. The molecule has 0 amide bonds. The Kier molecular flexibility index (Phi) is 3.81. The Balaban J connectivity index is 1.56. The molecule has 2 heterocycles. The Morgan fingerprint density at radius 2 is 1.75 bits per heavy atom. The zero-order valence-corrected chi connectivity index (χ0v) is 14.1. The molecule has 2 nitrogen and oxygen atoms in total. The lowest BCUT2D eigenvalue weighted by Crippen LogP contribution is -1.95. The Bertz CT molecular complexity index is 1020. The van der Waals surface area contributed by atoms with E-state index in [9.17, 15) is 4.39 Å². The summed E-state index contributed by atoms with van der Waals surface area (Å²) in [5, 5.41) is 3.08. The number of aryl methyl sites for hydroxylation is 1. The number of halogens is 2. The van der Waals surface area contributed by atoms with Gasteiger partial charge in [-0.15, -0.1) is 0 Å². The lowest BCUT2D eigenvalue weighted by Gasteiger charge is -2.10. The van der Waals surface area contributed by atoms with Crippen molar-refractivity contribution in [1.29, 1.82) is 0 Å². The van der Waals surface area contributed by atoms with Gasteiger partial charge in [-0.2, -0.15) is 0 Å². The molecule has 24 heavy (non-hydrogen) atoms. The smallest absolute Gasteiger partial charge is 0.125 e. The topological polar surface area (TPSA) is 31.6 Å². The summed E-state index contributed by atoms with van der Waals surface area (Å²) < 4.78 is 13.3. The van der Waals surface area contributed by atoms with Gasteiger partial charge >= 0.3 is 0 Å². The van der Waals surface area contributed by atoms with E-state index in [1.165, 1.54) is 22.6 Å². The van der Waals surface area contributed by atoms with E-state index >= 15 is 0 Å². The number of nitrogens with one attached hydrogen (secondary N) is 2. The molecule has 1 atom stereocenters. The van der Waals surface area contributed by atoms with Gasteiger partial charge in [0.25, 0.3) is 0 Å². The van der Waals surface area contributed by atoms with Crippen LogP contribution >= 0.6 is 11.6 Å². The molecule has 2 aromatic carbocycles. The van der Waals surface area contributed by atoms with Crippen molar-refractivity contribution in [2.24, 2.45) is 0 Å². The summed E-state index contributed by atoms with van der Waals surface area (Å²) in [7, 11) is 0. The summed E-state index contributed by atoms with van der Waals surface area (Å²) >= 11 is 6.05. The van der Waals surface area contributed by atoms with Gasteiger partial charge in [0.15, 0.2) is 0 Å². The highest BCUT2D eigenvalue weighted by atomic mass is 35.5. The molecule has 4 aromatic rings. The lowest BCUT2D eigenvalue weighted by atomic mass is 9.93. The minimum atomic E-state index is -0.207. The Hall–Kier alpha value is -2.26. The first-order chi connectivity index (χ1) is 11.6. The van der Waals surface area contributed by atoms with E-state index < -0.39 is 0 Å². The van der Waals surface area contributed by atoms with Crippen LogP contribution in [0.2, 0.25) is 5.02 Å². The van der Waals surface area contributed by atoms with Crippen LogP contribution in [0.3, 0.4) is 0 Å². The minimum absolute atomic E-state index is 0.207. The second-order valence-corrected chi connectivity index (χ2v) is 6.81. The van der Waals surface area contributed by atoms with Gasteiger partial charge in [-0.3, -0.25) is 0 Å². The number of aromatic amines is 2. The Morgan fingerprint density at radius 3 is 2.62 bits per heavy atom. The molecule has 2 aromatic heterocycles. The summed E-state index contributed by atoms with van der Waals surface area (Å²) in [5.41, 5.74) is 4.48. The molecule has 1 unspecified atom stereocenters. The predicted molar refractivity (Wildman–Crippen MR) is 98.3 cm³/mol. The molecular weight excluding hydrogens is 323 g/mol. The minimum Gasteiger partial charge on any atom is -0.361 e. The third kappa shape index (κ3) is 2.69. The fourth-order valence-corrected chi connectivity index (χ4v) is 3.59. The van der Waals surface area contributed by atoms with E-state index in [1.54, 1.807) is 6.07 Å². The fourth-order valence-electron chi connectivity index (χ4n) is 3.42. The van der Waals surface area contributed by atoms with Gasteiger partial charge in [0.2, 0.25) is 0 Å². The molecule has 4 rings (SSSR count). The second kappa shape index (κ2) is 5.99. The monoisotopic (exact) mass is 340 g/mol. The van der Waals surface area contributed by atoms with E-state index in [1.807, 2.05) is 24.4 Å². The van der Waals surface area contributed by atoms with Gasteiger partial charge in [0.05, 0.1) is 0 Å². The van der Waals surface area contributed by atoms with Crippen LogP contribution < -0.4 is 0 Å². The molecule has 0 fully saturated rings. The van der Waals surface area contributed by atoms with Crippen molar-refractivity contribution in [2.45, 2.75) is 25.7 Å². The zero-order chi connectivity index (χ0) is 16.7. The van der Waals surface area contributed by atoms with Crippen LogP contribution in [0.5, 0.6) is 0 Å². The van der Waals surface area contributed by atoms with Gasteiger partial charge < -0.3 is 9.97 Å². The standard InChI is InChI=1S/C20H18ClFN2/c1-12(18-11-24-19-8-14(21)4-6-17(18)19)2-3-13-10-23-20-9-15(22)5-7-16(13)20/h4-12,23-24H,2-3H2,1H3. The molecule has 0 aliphatic heterocycles. The van der Waals surface area contributed by atoms with Crippen LogP contribution in [-0.2, 0) is 6.42 Å². The zero-order valence-electron chi connectivity index (χ0n) is 13.4. The fraction of sp³-hybridized carbons (Fsp3) is 0.200. The van der Waals surface area contributed by atoms with Gasteiger partial charge in [0, 0.05) is 39.2 Å². The largest absolute Gasteiger partial charge is 0.361 e. The molecule has 0 saturated carbocycles. The maximum absolute atomic E-state index is 13.3. The summed E-state index contributed by atoms with van der Waals surface area (Å²) in [6.45, 7) is 2.24. The number of fused-ring (bicyclic) bond motifs is 2. The van der Waals surface area contributed by atoms with Gasteiger partial charge in [-0.1, -0.05) is 24.6 Å². The van der Waals surface area contributed by atoms with Gasteiger partial charge in [-0.25, -0.2) is 4.39 Å². The highest BCUT2D eigenvalue weighted by Crippen LogP contribution is 2.31. The molecule has 4 heteroatoms. The number of aromatic nitrogens is 2. The van der Waals surface area contributed by atoms with E-state index in [0.717, 1.165) is 34.3 Å². The average Bonchev–Trinajstić information content (AvgIpc) is 3.15. The van der Waals surface area contributed by atoms with E-state index in [4.69, 9.17) is 11.6 Å². The lowest BCUT2D eigenvalue weighted by molar-refractivity contribution is 0.629. The van der Waals surface area contributed by atoms with E-state index in [0.29, 0.717) is 5.92 Å². The summed E-state index contributed by atoms with van der Waals surface area (Å²) in [5.74, 6) is 0.215. The summed E-state index contributed by atoms with van der Waals surface area (Å²) in [6, 6.07) is 10.9. The normalized spacial score (nSPS) is 13.0. The molecular formula is C20H18ClFN2. The highest BCUT2D eigenvalue weighted by molar-refractivity contribution is 6.31. The van der Waals surface area contributed by atoms with Crippen molar-refractivity contribution in [3.63, 3.8) is 0 Å². The second-order valence-electron chi connectivity index (χ2n) is 6.38.